The molecule has 0 amide bonds. The van der Waals surface area contributed by atoms with Gasteiger partial charge in [0.05, 0.1) is 6.10 Å². The Morgan fingerprint density at radius 1 is 1.21 bits per heavy atom. The molecule has 1 aliphatic rings. The van der Waals surface area contributed by atoms with Crippen LogP contribution in [-0.2, 0) is 14.2 Å². The maximum absolute atomic E-state index is 5.93. The molecule has 0 saturated carbocycles. The largest absolute Gasteiger partial charge is 0.369 e. The van der Waals surface area contributed by atoms with Crippen molar-refractivity contribution in [3.8, 4) is 0 Å². The third-order valence-corrected chi connectivity index (χ3v) is 2.97. The summed E-state index contributed by atoms with van der Waals surface area (Å²) in [6, 6.07) is 0. The Morgan fingerprint density at radius 2 is 1.79 bits per heavy atom. The molecule has 84 valence electrons. The van der Waals surface area contributed by atoms with E-state index < -0.39 is 0 Å². The molecule has 0 spiro atoms. The molecule has 1 rings (SSSR count). The van der Waals surface area contributed by atoms with Gasteiger partial charge in [0.2, 0.25) is 0 Å². The Kier molecular flexibility index (Phi) is 4.35. The first-order chi connectivity index (χ1) is 6.60. The van der Waals surface area contributed by atoms with E-state index >= 15 is 0 Å². The molecule has 3 heteroatoms. The smallest absolute Gasteiger partial charge is 0.183 e. The van der Waals surface area contributed by atoms with Crippen molar-refractivity contribution in [1.29, 1.82) is 0 Å². The average molecular weight is 202 g/mol. The maximum atomic E-state index is 5.93. The molecule has 3 nitrogen and oxygen atoms in total. The van der Waals surface area contributed by atoms with Crippen molar-refractivity contribution in [3.63, 3.8) is 0 Å². The summed E-state index contributed by atoms with van der Waals surface area (Å²) in [4.78, 5) is 0. The lowest BCUT2D eigenvalue weighted by Crippen LogP contribution is -2.34. The molecule has 0 aromatic heterocycles. The molecule has 0 N–H and O–H groups in total. The van der Waals surface area contributed by atoms with Crippen LogP contribution in [0, 0.1) is 11.8 Å². The van der Waals surface area contributed by atoms with E-state index in [0.717, 1.165) is 6.42 Å². The topological polar surface area (TPSA) is 27.7 Å². The SMILES string of the molecule is COC(OC)[C@H]1O[C@@H](C(C)C)C[C@@H]1C. The van der Waals surface area contributed by atoms with Gasteiger partial charge in [-0.2, -0.15) is 0 Å². The van der Waals surface area contributed by atoms with Crippen LogP contribution in [0.25, 0.3) is 0 Å². The number of hydrogen-bond acceptors (Lipinski definition) is 3. The van der Waals surface area contributed by atoms with Crippen LogP contribution in [0.15, 0.2) is 0 Å². The summed E-state index contributed by atoms with van der Waals surface area (Å²) in [5.74, 6) is 1.07. The van der Waals surface area contributed by atoms with E-state index in [-0.39, 0.29) is 12.4 Å². The van der Waals surface area contributed by atoms with E-state index in [9.17, 15) is 0 Å². The number of hydrogen-bond donors (Lipinski definition) is 0. The van der Waals surface area contributed by atoms with Gasteiger partial charge in [0.1, 0.15) is 6.10 Å². The van der Waals surface area contributed by atoms with E-state index in [2.05, 4.69) is 20.8 Å². The minimum Gasteiger partial charge on any atom is -0.369 e. The van der Waals surface area contributed by atoms with Gasteiger partial charge in [-0.1, -0.05) is 20.8 Å². The summed E-state index contributed by atoms with van der Waals surface area (Å²) in [5, 5.41) is 0. The molecule has 14 heavy (non-hydrogen) atoms. The van der Waals surface area contributed by atoms with Crippen LogP contribution >= 0.6 is 0 Å². The highest BCUT2D eigenvalue weighted by Crippen LogP contribution is 2.32. The van der Waals surface area contributed by atoms with Crippen LogP contribution < -0.4 is 0 Å². The van der Waals surface area contributed by atoms with Gasteiger partial charge in [-0.05, 0) is 18.3 Å². The molecule has 0 aromatic rings. The molecule has 0 aliphatic carbocycles. The number of rotatable bonds is 4. The molecule has 0 unspecified atom stereocenters. The van der Waals surface area contributed by atoms with Crippen LogP contribution in [0.3, 0.4) is 0 Å². The Balaban J connectivity index is 2.55. The van der Waals surface area contributed by atoms with Crippen molar-refractivity contribution in [2.45, 2.75) is 45.7 Å². The molecule has 1 heterocycles. The van der Waals surface area contributed by atoms with Gasteiger partial charge in [0.25, 0.3) is 0 Å². The Labute approximate surface area is 86.7 Å². The van der Waals surface area contributed by atoms with E-state index in [4.69, 9.17) is 14.2 Å². The zero-order valence-electron chi connectivity index (χ0n) is 9.82. The molecule has 0 radical (unpaired) electrons. The van der Waals surface area contributed by atoms with Crippen molar-refractivity contribution in [2.24, 2.45) is 11.8 Å². The van der Waals surface area contributed by atoms with E-state index in [1.54, 1.807) is 14.2 Å². The van der Waals surface area contributed by atoms with Crippen LogP contribution in [0.2, 0.25) is 0 Å². The van der Waals surface area contributed by atoms with E-state index in [0.29, 0.717) is 17.9 Å². The van der Waals surface area contributed by atoms with Gasteiger partial charge in [0, 0.05) is 14.2 Å². The normalized spacial score (nSPS) is 33.2. The molecular weight excluding hydrogens is 180 g/mol. The third-order valence-electron chi connectivity index (χ3n) is 2.97. The fourth-order valence-corrected chi connectivity index (χ4v) is 2.02. The first-order valence-electron chi connectivity index (χ1n) is 5.31. The Hall–Kier alpha value is -0.120. The first-order valence-corrected chi connectivity index (χ1v) is 5.31. The quantitative estimate of drug-likeness (QED) is 0.653. The maximum Gasteiger partial charge on any atom is 0.183 e. The van der Waals surface area contributed by atoms with Crippen LogP contribution in [-0.4, -0.2) is 32.7 Å². The van der Waals surface area contributed by atoms with Crippen LogP contribution in [0.4, 0.5) is 0 Å². The summed E-state index contributed by atoms with van der Waals surface area (Å²) in [5.41, 5.74) is 0. The van der Waals surface area contributed by atoms with Crippen molar-refractivity contribution in [1.82, 2.24) is 0 Å². The van der Waals surface area contributed by atoms with Gasteiger partial charge in [-0.15, -0.1) is 0 Å². The molecule has 0 bridgehead atoms. The van der Waals surface area contributed by atoms with Crippen LogP contribution in [0.1, 0.15) is 27.2 Å². The lowest BCUT2D eigenvalue weighted by atomic mass is 9.96. The lowest BCUT2D eigenvalue weighted by Gasteiger charge is -2.24. The molecular formula is C11H22O3. The zero-order valence-corrected chi connectivity index (χ0v) is 9.82. The second-order valence-electron chi connectivity index (χ2n) is 4.44. The second-order valence-corrected chi connectivity index (χ2v) is 4.44. The monoisotopic (exact) mass is 202 g/mol. The van der Waals surface area contributed by atoms with Crippen molar-refractivity contribution in [2.75, 3.05) is 14.2 Å². The lowest BCUT2D eigenvalue weighted by molar-refractivity contribution is -0.186. The Morgan fingerprint density at radius 3 is 2.14 bits per heavy atom. The number of ether oxygens (including phenoxy) is 3. The fourth-order valence-electron chi connectivity index (χ4n) is 2.02. The summed E-state index contributed by atoms with van der Waals surface area (Å²) >= 11 is 0. The highest BCUT2D eigenvalue weighted by molar-refractivity contribution is 4.83. The fraction of sp³-hybridized carbons (Fsp3) is 1.00. The summed E-state index contributed by atoms with van der Waals surface area (Å²) < 4.78 is 16.4. The predicted octanol–water partition coefficient (Wildman–Crippen LogP) is 2.05. The first kappa shape index (κ1) is 12.0. The number of methoxy groups -OCH3 is 2. The molecule has 3 atom stereocenters. The highest BCUT2D eigenvalue weighted by atomic mass is 16.7. The van der Waals surface area contributed by atoms with E-state index in [1.807, 2.05) is 0 Å². The molecule has 1 fully saturated rings. The molecule has 1 saturated heterocycles. The molecule has 0 aromatic carbocycles. The van der Waals surface area contributed by atoms with Crippen molar-refractivity contribution in [3.05, 3.63) is 0 Å². The third kappa shape index (κ3) is 2.47. The van der Waals surface area contributed by atoms with Gasteiger partial charge < -0.3 is 14.2 Å². The minimum atomic E-state index is -0.228. The Bertz CT molecular complexity index is 166. The van der Waals surface area contributed by atoms with Gasteiger partial charge in [-0.3, -0.25) is 0 Å². The minimum absolute atomic E-state index is 0.0809. The van der Waals surface area contributed by atoms with Crippen LogP contribution in [0.5, 0.6) is 0 Å². The summed E-state index contributed by atoms with van der Waals surface area (Å²) in [6.07, 6.45) is 1.31. The standard InChI is InChI=1S/C11H22O3/c1-7(2)9-6-8(3)10(14-9)11(12-4)13-5/h7-11H,6H2,1-5H3/t8-,9+,10-/m0/s1. The van der Waals surface area contributed by atoms with Gasteiger partial charge in [-0.25, -0.2) is 0 Å². The highest BCUT2D eigenvalue weighted by Gasteiger charge is 2.38. The van der Waals surface area contributed by atoms with Crippen molar-refractivity contribution < 1.29 is 14.2 Å². The average Bonchev–Trinajstić information content (AvgIpc) is 2.51. The molecule has 1 aliphatic heterocycles. The van der Waals surface area contributed by atoms with Gasteiger partial charge in [0.15, 0.2) is 6.29 Å². The summed E-state index contributed by atoms with van der Waals surface area (Å²) in [6.45, 7) is 6.57. The zero-order chi connectivity index (χ0) is 10.7. The van der Waals surface area contributed by atoms with Crippen molar-refractivity contribution >= 4 is 0 Å². The predicted molar refractivity (Wildman–Crippen MR) is 55.1 cm³/mol. The second kappa shape index (κ2) is 5.10. The summed E-state index contributed by atoms with van der Waals surface area (Å²) in [7, 11) is 3.32. The van der Waals surface area contributed by atoms with E-state index in [1.165, 1.54) is 0 Å². The van der Waals surface area contributed by atoms with Gasteiger partial charge >= 0.3 is 0 Å².